The minimum atomic E-state index is -0.0839. The number of thiazole rings is 1. The number of benzene rings is 1. The molecule has 0 saturated heterocycles. The zero-order valence-electron chi connectivity index (χ0n) is 12.1. The molecule has 0 saturated carbocycles. The fourth-order valence-corrected chi connectivity index (χ4v) is 2.90. The fraction of sp³-hybridized carbons (Fsp3) is 0.267. The van der Waals surface area contributed by atoms with Crippen molar-refractivity contribution in [2.45, 2.75) is 27.2 Å². The van der Waals surface area contributed by atoms with E-state index < -0.39 is 0 Å². The topological polar surface area (TPSA) is 68.0 Å². The standard InChI is InChI=1S/C15H15N3O2S/c1-8-9(2)21-15(16-8)18-14(19)7-11-4-5-12-13(6-11)20-10(3)17-12/h4-6H,7H2,1-3H3,(H,16,18,19). The van der Waals surface area contributed by atoms with Gasteiger partial charge in [-0.3, -0.25) is 4.79 Å². The van der Waals surface area contributed by atoms with Crippen molar-refractivity contribution in [2.75, 3.05) is 5.32 Å². The number of nitrogens with zero attached hydrogens (tertiary/aromatic N) is 2. The maximum absolute atomic E-state index is 12.1. The van der Waals surface area contributed by atoms with Gasteiger partial charge >= 0.3 is 0 Å². The van der Waals surface area contributed by atoms with Gasteiger partial charge < -0.3 is 9.73 Å². The Morgan fingerprint density at radius 3 is 2.81 bits per heavy atom. The molecule has 1 aromatic carbocycles. The first-order valence-electron chi connectivity index (χ1n) is 6.61. The average molecular weight is 301 g/mol. The van der Waals surface area contributed by atoms with Gasteiger partial charge in [0.15, 0.2) is 16.6 Å². The highest BCUT2D eigenvalue weighted by atomic mass is 32.1. The Bertz CT molecular complexity index is 800. The number of anilines is 1. The van der Waals surface area contributed by atoms with Gasteiger partial charge in [0, 0.05) is 11.8 Å². The molecule has 3 rings (SSSR count). The Morgan fingerprint density at radius 1 is 1.29 bits per heavy atom. The van der Waals surface area contributed by atoms with E-state index in [-0.39, 0.29) is 12.3 Å². The largest absolute Gasteiger partial charge is 0.441 e. The molecule has 2 aromatic heterocycles. The summed E-state index contributed by atoms with van der Waals surface area (Å²) in [7, 11) is 0. The van der Waals surface area contributed by atoms with E-state index in [1.165, 1.54) is 11.3 Å². The summed E-state index contributed by atoms with van der Waals surface area (Å²) < 4.78 is 5.47. The maximum Gasteiger partial charge on any atom is 0.230 e. The third-order valence-electron chi connectivity index (χ3n) is 3.20. The van der Waals surface area contributed by atoms with Crippen LogP contribution in [0.5, 0.6) is 0 Å². The third-order valence-corrected chi connectivity index (χ3v) is 4.19. The second-order valence-electron chi connectivity index (χ2n) is 4.92. The number of oxazole rings is 1. The summed E-state index contributed by atoms with van der Waals surface area (Å²) in [4.78, 5) is 21.7. The van der Waals surface area contributed by atoms with E-state index in [9.17, 15) is 4.79 Å². The number of amides is 1. The first kappa shape index (κ1) is 13.8. The van der Waals surface area contributed by atoms with Crippen molar-refractivity contribution >= 4 is 33.5 Å². The second kappa shape index (κ2) is 5.29. The lowest BCUT2D eigenvalue weighted by Crippen LogP contribution is -2.14. The number of fused-ring (bicyclic) bond motifs is 1. The number of aryl methyl sites for hydroxylation is 3. The van der Waals surface area contributed by atoms with Crippen LogP contribution in [0.1, 0.15) is 22.0 Å². The lowest BCUT2D eigenvalue weighted by atomic mass is 10.1. The number of carbonyl (C=O) groups is 1. The van der Waals surface area contributed by atoms with E-state index in [2.05, 4.69) is 15.3 Å². The lowest BCUT2D eigenvalue weighted by Gasteiger charge is -2.01. The van der Waals surface area contributed by atoms with Gasteiger partial charge in [-0.25, -0.2) is 9.97 Å². The van der Waals surface area contributed by atoms with E-state index in [1.807, 2.05) is 32.0 Å². The highest BCUT2D eigenvalue weighted by Gasteiger charge is 2.10. The first-order valence-corrected chi connectivity index (χ1v) is 7.43. The summed E-state index contributed by atoms with van der Waals surface area (Å²) in [6.07, 6.45) is 0.285. The Labute approximate surface area is 126 Å². The van der Waals surface area contributed by atoms with Crippen LogP contribution in [0.3, 0.4) is 0 Å². The van der Waals surface area contributed by atoms with Gasteiger partial charge in [0.05, 0.1) is 12.1 Å². The minimum absolute atomic E-state index is 0.0839. The van der Waals surface area contributed by atoms with Gasteiger partial charge in [0.2, 0.25) is 5.91 Å². The molecule has 2 heterocycles. The van der Waals surface area contributed by atoms with Crippen molar-refractivity contribution in [1.82, 2.24) is 9.97 Å². The minimum Gasteiger partial charge on any atom is -0.441 e. The SMILES string of the molecule is Cc1nc2ccc(CC(=O)Nc3nc(C)c(C)s3)cc2o1. The molecule has 0 radical (unpaired) electrons. The van der Waals surface area contributed by atoms with Crippen LogP contribution in [0.15, 0.2) is 22.6 Å². The highest BCUT2D eigenvalue weighted by molar-refractivity contribution is 7.15. The van der Waals surface area contributed by atoms with Crippen molar-refractivity contribution in [2.24, 2.45) is 0 Å². The molecule has 0 spiro atoms. The van der Waals surface area contributed by atoms with Gasteiger partial charge in [-0.05, 0) is 31.5 Å². The van der Waals surface area contributed by atoms with Crippen LogP contribution in [-0.4, -0.2) is 15.9 Å². The highest BCUT2D eigenvalue weighted by Crippen LogP contribution is 2.22. The molecule has 0 aliphatic heterocycles. The molecular weight excluding hydrogens is 286 g/mol. The Balaban J connectivity index is 1.73. The number of carbonyl (C=O) groups excluding carboxylic acids is 1. The summed E-state index contributed by atoms with van der Waals surface area (Å²) in [6, 6.07) is 5.61. The van der Waals surface area contributed by atoms with Crippen LogP contribution in [0.2, 0.25) is 0 Å². The predicted octanol–water partition coefficient (Wildman–Crippen LogP) is 3.39. The van der Waals surface area contributed by atoms with E-state index in [0.717, 1.165) is 21.7 Å². The molecule has 3 aromatic rings. The maximum atomic E-state index is 12.1. The normalized spacial score (nSPS) is 11.0. The van der Waals surface area contributed by atoms with E-state index in [4.69, 9.17) is 4.42 Å². The Hall–Kier alpha value is -2.21. The summed E-state index contributed by atoms with van der Waals surface area (Å²) in [5, 5.41) is 3.47. The van der Waals surface area contributed by atoms with Crippen molar-refractivity contribution < 1.29 is 9.21 Å². The van der Waals surface area contributed by atoms with Gasteiger partial charge in [-0.1, -0.05) is 6.07 Å². The van der Waals surface area contributed by atoms with E-state index in [0.29, 0.717) is 16.6 Å². The number of rotatable bonds is 3. The quantitative estimate of drug-likeness (QED) is 0.805. The van der Waals surface area contributed by atoms with Crippen LogP contribution in [0, 0.1) is 20.8 Å². The van der Waals surface area contributed by atoms with Crippen LogP contribution in [0.25, 0.3) is 11.1 Å². The van der Waals surface area contributed by atoms with E-state index >= 15 is 0 Å². The molecule has 1 N–H and O–H groups in total. The smallest absolute Gasteiger partial charge is 0.230 e. The fourth-order valence-electron chi connectivity index (χ4n) is 2.07. The van der Waals surface area contributed by atoms with Gasteiger partial charge in [0.25, 0.3) is 0 Å². The molecule has 0 fully saturated rings. The summed E-state index contributed by atoms with van der Waals surface area (Å²) in [5.41, 5.74) is 3.36. The molecule has 0 aliphatic carbocycles. The molecule has 21 heavy (non-hydrogen) atoms. The average Bonchev–Trinajstić information content (AvgIpc) is 2.91. The van der Waals surface area contributed by atoms with Crippen LogP contribution >= 0.6 is 11.3 Å². The molecule has 0 bridgehead atoms. The predicted molar refractivity (Wildman–Crippen MR) is 82.7 cm³/mol. The number of nitrogens with one attached hydrogen (secondary N) is 1. The van der Waals surface area contributed by atoms with Crippen molar-refractivity contribution in [3.05, 3.63) is 40.2 Å². The van der Waals surface area contributed by atoms with Gasteiger partial charge in [-0.15, -0.1) is 11.3 Å². The van der Waals surface area contributed by atoms with Crippen LogP contribution < -0.4 is 5.32 Å². The Kier molecular flexibility index (Phi) is 3.47. The lowest BCUT2D eigenvalue weighted by molar-refractivity contribution is -0.115. The molecule has 0 aliphatic rings. The summed E-state index contributed by atoms with van der Waals surface area (Å²) in [6.45, 7) is 5.73. The third kappa shape index (κ3) is 2.95. The molecule has 1 amide bonds. The zero-order chi connectivity index (χ0) is 15.0. The monoisotopic (exact) mass is 301 g/mol. The molecular formula is C15H15N3O2S. The van der Waals surface area contributed by atoms with Gasteiger partial charge in [0.1, 0.15) is 5.52 Å². The number of hydrogen-bond donors (Lipinski definition) is 1. The van der Waals surface area contributed by atoms with Crippen molar-refractivity contribution in [3.8, 4) is 0 Å². The number of aromatic nitrogens is 2. The van der Waals surface area contributed by atoms with Crippen molar-refractivity contribution in [3.63, 3.8) is 0 Å². The van der Waals surface area contributed by atoms with Crippen molar-refractivity contribution in [1.29, 1.82) is 0 Å². The molecule has 0 atom stereocenters. The van der Waals surface area contributed by atoms with Gasteiger partial charge in [-0.2, -0.15) is 0 Å². The summed E-state index contributed by atoms with van der Waals surface area (Å²) >= 11 is 1.49. The molecule has 5 nitrogen and oxygen atoms in total. The molecule has 6 heteroatoms. The second-order valence-corrected chi connectivity index (χ2v) is 6.12. The van der Waals surface area contributed by atoms with Crippen LogP contribution in [-0.2, 0) is 11.2 Å². The summed E-state index contributed by atoms with van der Waals surface area (Å²) in [5.74, 6) is 0.541. The van der Waals surface area contributed by atoms with Crippen LogP contribution in [0.4, 0.5) is 5.13 Å². The molecule has 0 unspecified atom stereocenters. The molecule has 108 valence electrons. The first-order chi connectivity index (χ1) is 10.0. The van der Waals surface area contributed by atoms with E-state index in [1.54, 1.807) is 6.92 Å². The Morgan fingerprint density at radius 2 is 2.10 bits per heavy atom. The number of hydrogen-bond acceptors (Lipinski definition) is 5. The zero-order valence-corrected chi connectivity index (χ0v) is 12.9.